The molecule has 120 valence electrons. The van der Waals surface area contributed by atoms with Gasteiger partial charge in [-0.2, -0.15) is 5.26 Å². The fourth-order valence-corrected chi connectivity index (χ4v) is 2.31. The van der Waals surface area contributed by atoms with Crippen LogP contribution in [0.15, 0.2) is 18.3 Å². The zero-order valence-electron chi connectivity index (χ0n) is 12.9. The topological polar surface area (TPSA) is 86.3 Å². The summed E-state index contributed by atoms with van der Waals surface area (Å²) >= 11 is 0. The van der Waals surface area contributed by atoms with Crippen LogP contribution < -0.4 is 10.6 Å². The number of piperazine rings is 1. The maximum absolute atomic E-state index is 12.2. The molecule has 1 aromatic rings. The number of hydrogen-bond acceptors (Lipinski definition) is 5. The Bertz CT molecular complexity index is 549. The number of nitrogens with two attached hydrogens (primary N) is 1. The summed E-state index contributed by atoms with van der Waals surface area (Å²) in [6.07, 6.45) is 1.64. The van der Waals surface area contributed by atoms with E-state index in [1.54, 1.807) is 18.3 Å². The number of nitrogens with zero attached hydrogens (tertiary/aromatic N) is 4. The SMILES string of the molecule is CC(C)C(N)C(=O)N1CCN(c2cc(C#N)ccn2)CC1.Cl. The summed E-state index contributed by atoms with van der Waals surface area (Å²) in [5.74, 6) is 0.946. The molecule has 0 saturated carbocycles. The smallest absolute Gasteiger partial charge is 0.239 e. The van der Waals surface area contributed by atoms with E-state index in [0.29, 0.717) is 31.7 Å². The van der Waals surface area contributed by atoms with Crippen LogP contribution in [0.1, 0.15) is 19.4 Å². The van der Waals surface area contributed by atoms with E-state index >= 15 is 0 Å². The number of pyridine rings is 1. The average Bonchev–Trinajstić information content (AvgIpc) is 2.53. The number of nitriles is 1. The molecule has 1 fully saturated rings. The van der Waals surface area contributed by atoms with Crippen LogP contribution in [0.4, 0.5) is 5.82 Å². The van der Waals surface area contributed by atoms with Gasteiger partial charge in [-0.3, -0.25) is 4.79 Å². The van der Waals surface area contributed by atoms with Crippen LogP contribution in [0.3, 0.4) is 0 Å². The minimum absolute atomic E-state index is 0. The third-order valence-electron chi connectivity index (χ3n) is 3.79. The highest BCUT2D eigenvalue weighted by Crippen LogP contribution is 2.15. The average molecular weight is 324 g/mol. The Labute approximate surface area is 137 Å². The molecule has 1 aliphatic heterocycles. The van der Waals surface area contributed by atoms with Crippen LogP contribution in [0.5, 0.6) is 0 Å². The van der Waals surface area contributed by atoms with E-state index in [1.165, 1.54) is 0 Å². The van der Waals surface area contributed by atoms with Gasteiger partial charge in [-0.1, -0.05) is 13.8 Å². The highest BCUT2D eigenvalue weighted by atomic mass is 35.5. The number of amides is 1. The van der Waals surface area contributed by atoms with Crippen molar-refractivity contribution < 1.29 is 4.79 Å². The molecule has 0 radical (unpaired) electrons. The number of rotatable bonds is 3. The van der Waals surface area contributed by atoms with Gasteiger partial charge in [-0.05, 0) is 18.1 Å². The lowest BCUT2D eigenvalue weighted by molar-refractivity contribution is -0.133. The number of halogens is 1. The first-order valence-corrected chi connectivity index (χ1v) is 7.18. The van der Waals surface area contributed by atoms with Crippen molar-refractivity contribution in [2.45, 2.75) is 19.9 Å². The van der Waals surface area contributed by atoms with Crippen molar-refractivity contribution in [3.8, 4) is 6.07 Å². The second-order valence-electron chi connectivity index (χ2n) is 5.60. The lowest BCUT2D eigenvalue weighted by Crippen LogP contribution is -2.54. The Hall–Kier alpha value is -1.84. The Morgan fingerprint density at radius 1 is 1.36 bits per heavy atom. The minimum atomic E-state index is -0.434. The van der Waals surface area contributed by atoms with Gasteiger partial charge in [0.15, 0.2) is 0 Å². The van der Waals surface area contributed by atoms with Gasteiger partial charge < -0.3 is 15.5 Å². The normalized spacial score (nSPS) is 16.0. The summed E-state index contributed by atoms with van der Waals surface area (Å²) in [4.78, 5) is 20.4. The minimum Gasteiger partial charge on any atom is -0.353 e. The standard InChI is InChI=1S/C15H21N5O.ClH/c1-11(2)14(17)15(21)20-7-5-19(6-8-20)13-9-12(10-16)3-4-18-13;/h3-4,9,11,14H,5-8,17H2,1-2H3;1H. The molecule has 1 atom stereocenters. The number of carbonyl (C=O) groups is 1. The zero-order valence-corrected chi connectivity index (χ0v) is 13.7. The predicted molar refractivity (Wildman–Crippen MR) is 87.8 cm³/mol. The van der Waals surface area contributed by atoms with Crippen molar-refractivity contribution in [3.63, 3.8) is 0 Å². The molecule has 0 bridgehead atoms. The summed E-state index contributed by atoms with van der Waals surface area (Å²) in [7, 11) is 0. The van der Waals surface area contributed by atoms with Gasteiger partial charge in [0.05, 0.1) is 17.7 Å². The first-order chi connectivity index (χ1) is 10.0. The Morgan fingerprint density at radius 2 is 2.00 bits per heavy atom. The summed E-state index contributed by atoms with van der Waals surface area (Å²) in [5, 5.41) is 8.93. The largest absolute Gasteiger partial charge is 0.353 e. The van der Waals surface area contributed by atoms with Crippen molar-refractivity contribution >= 4 is 24.1 Å². The summed E-state index contributed by atoms with van der Waals surface area (Å²) in [5.41, 5.74) is 6.52. The van der Waals surface area contributed by atoms with E-state index in [0.717, 1.165) is 5.82 Å². The molecule has 0 aromatic carbocycles. The monoisotopic (exact) mass is 323 g/mol. The molecule has 22 heavy (non-hydrogen) atoms. The lowest BCUT2D eigenvalue weighted by Gasteiger charge is -2.37. The Kier molecular flexibility index (Phi) is 6.60. The van der Waals surface area contributed by atoms with E-state index in [4.69, 9.17) is 11.0 Å². The Morgan fingerprint density at radius 3 is 2.55 bits per heavy atom. The van der Waals surface area contributed by atoms with Crippen LogP contribution in [-0.2, 0) is 4.79 Å². The molecular formula is C15H22ClN5O. The van der Waals surface area contributed by atoms with Gasteiger partial charge in [-0.15, -0.1) is 12.4 Å². The highest BCUT2D eigenvalue weighted by molar-refractivity contribution is 5.85. The fourth-order valence-electron chi connectivity index (χ4n) is 2.31. The Balaban J connectivity index is 0.00000242. The maximum Gasteiger partial charge on any atom is 0.239 e. The predicted octanol–water partition coefficient (Wildman–Crippen LogP) is 1.01. The molecule has 0 aliphatic carbocycles. The molecule has 6 nitrogen and oxygen atoms in total. The van der Waals surface area contributed by atoms with E-state index in [2.05, 4.69) is 16.0 Å². The quantitative estimate of drug-likeness (QED) is 0.897. The maximum atomic E-state index is 12.2. The molecule has 1 aliphatic rings. The van der Waals surface area contributed by atoms with E-state index in [9.17, 15) is 4.79 Å². The molecule has 1 saturated heterocycles. The van der Waals surface area contributed by atoms with Crippen molar-refractivity contribution in [1.82, 2.24) is 9.88 Å². The number of hydrogen-bond donors (Lipinski definition) is 1. The summed E-state index contributed by atoms with van der Waals surface area (Å²) < 4.78 is 0. The molecule has 1 aromatic heterocycles. The lowest BCUT2D eigenvalue weighted by atomic mass is 10.0. The van der Waals surface area contributed by atoms with Crippen LogP contribution in [0, 0.1) is 17.2 Å². The van der Waals surface area contributed by atoms with Crippen LogP contribution in [0.25, 0.3) is 0 Å². The van der Waals surface area contributed by atoms with Gasteiger partial charge in [0, 0.05) is 32.4 Å². The first kappa shape index (κ1) is 18.2. The second-order valence-corrected chi connectivity index (χ2v) is 5.60. The van der Waals surface area contributed by atoms with Gasteiger partial charge in [0.2, 0.25) is 5.91 Å². The van der Waals surface area contributed by atoms with Crippen molar-refractivity contribution in [1.29, 1.82) is 5.26 Å². The van der Waals surface area contributed by atoms with Crippen molar-refractivity contribution in [2.24, 2.45) is 11.7 Å². The summed E-state index contributed by atoms with van der Waals surface area (Å²) in [6.45, 7) is 6.60. The van der Waals surface area contributed by atoms with Gasteiger partial charge in [0.1, 0.15) is 5.82 Å². The van der Waals surface area contributed by atoms with Crippen LogP contribution in [0.2, 0.25) is 0 Å². The first-order valence-electron chi connectivity index (χ1n) is 7.18. The number of carbonyl (C=O) groups excluding carboxylic acids is 1. The number of anilines is 1. The molecule has 0 spiro atoms. The second kappa shape index (κ2) is 7.97. The molecular weight excluding hydrogens is 302 g/mol. The van der Waals surface area contributed by atoms with E-state index < -0.39 is 6.04 Å². The summed E-state index contributed by atoms with van der Waals surface area (Å²) in [6, 6.07) is 5.14. The molecule has 7 heteroatoms. The van der Waals surface area contributed by atoms with E-state index in [1.807, 2.05) is 18.7 Å². The van der Waals surface area contributed by atoms with Gasteiger partial charge >= 0.3 is 0 Å². The van der Waals surface area contributed by atoms with Crippen molar-refractivity contribution in [3.05, 3.63) is 23.9 Å². The molecule has 1 amide bonds. The molecule has 2 N–H and O–H groups in total. The zero-order chi connectivity index (χ0) is 15.4. The molecule has 2 heterocycles. The van der Waals surface area contributed by atoms with Crippen LogP contribution >= 0.6 is 12.4 Å². The molecule has 2 rings (SSSR count). The third kappa shape index (κ3) is 4.09. The third-order valence-corrected chi connectivity index (χ3v) is 3.79. The van der Waals surface area contributed by atoms with Crippen LogP contribution in [-0.4, -0.2) is 48.0 Å². The van der Waals surface area contributed by atoms with Gasteiger partial charge in [-0.25, -0.2) is 4.98 Å². The highest BCUT2D eigenvalue weighted by Gasteiger charge is 2.27. The van der Waals surface area contributed by atoms with E-state index in [-0.39, 0.29) is 24.2 Å². The fraction of sp³-hybridized carbons (Fsp3) is 0.533. The molecule has 1 unspecified atom stereocenters. The number of aromatic nitrogens is 1. The van der Waals surface area contributed by atoms with Crippen molar-refractivity contribution in [2.75, 3.05) is 31.1 Å². The van der Waals surface area contributed by atoms with Gasteiger partial charge in [0.25, 0.3) is 0 Å².